The Hall–Kier alpha value is -0.0800. The lowest BCUT2D eigenvalue weighted by Crippen LogP contribution is -2.35. The van der Waals surface area contributed by atoms with Gasteiger partial charge < -0.3 is 10.1 Å². The first kappa shape index (κ1) is 16.3. The first-order chi connectivity index (χ1) is 9.61. The Kier molecular flexibility index (Phi) is 6.35. The van der Waals surface area contributed by atoms with Crippen LogP contribution in [0.25, 0.3) is 0 Å². The van der Waals surface area contributed by atoms with E-state index in [2.05, 4.69) is 33.1 Å². The van der Waals surface area contributed by atoms with Gasteiger partial charge in [0.1, 0.15) is 0 Å². The van der Waals surface area contributed by atoms with Gasteiger partial charge in [0.25, 0.3) is 0 Å². The second-order valence-corrected chi connectivity index (χ2v) is 7.61. The van der Waals surface area contributed by atoms with Crippen molar-refractivity contribution in [2.75, 3.05) is 13.7 Å². The van der Waals surface area contributed by atoms with Gasteiger partial charge in [0, 0.05) is 12.6 Å². The normalized spacial score (nSPS) is 38.5. The van der Waals surface area contributed by atoms with Crippen LogP contribution in [0, 0.1) is 23.7 Å². The number of rotatable bonds is 6. The summed E-state index contributed by atoms with van der Waals surface area (Å²) >= 11 is 0. The lowest BCUT2D eigenvalue weighted by Gasteiger charge is -2.37. The minimum Gasteiger partial charge on any atom is -0.378 e. The van der Waals surface area contributed by atoms with Gasteiger partial charge in [-0.25, -0.2) is 0 Å². The van der Waals surface area contributed by atoms with Crippen LogP contribution in [-0.2, 0) is 4.74 Å². The Morgan fingerprint density at radius 2 is 1.95 bits per heavy atom. The van der Waals surface area contributed by atoms with E-state index in [1.54, 1.807) is 0 Å². The van der Waals surface area contributed by atoms with Crippen LogP contribution in [-0.4, -0.2) is 25.8 Å². The monoisotopic (exact) mass is 281 g/mol. The molecule has 2 nitrogen and oxygen atoms in total. The predicted octanol–water partition coefficient (Wildman–Crippen LogP) is 4.24. The van der Waals surface area contributed by atoms with E-state index >= 15 is 0 Å². The molecule has 0 aromatic rings. The third-order valence-corrected chi connectivity index (χ3v) is 5.81. The maximum Gasteiger partial charge on any atom is 0.0608 e. The standard InChI is InChI=1S/C18H35NO/c1-13(2)16-9-8-14(3)12-18(16)20-11-10-15-6-5-7-17(15)19-4/h13-19H,5-12H2,1-4H3. The summed E-state index contributed by atoms with van der Waals surface area (Å²) in [6.07, 6.45) is 9.96. The molecule has 0 aromatic heterocycles. The molecule has 0 amide bonds. The highest BCUT2D eigenvalue weighted by atomic mass is 16.5. The fraction of sp³-hybridized carbons (Fsp3) is 1.00. The van der Waals surface area contributed by atoms with Crippen LogP contribution < -0.4 is 5.32 Å². The van der Waals surface area contributed by atoms with Crippen LogP contribution in [0.2, 0.25) is 0 Å². The van der Waals surface area contributed by atoms with Crippen molar-refractivity contribution in [3.8, 4) is 0 Å². The van der Waals surface area contributed by atoms with Gasteiger partial charge in [-0.2, -0.15) is 0 Å². The Labute approximate surface area is 126 Å². The molecule has 2 rings (SSSR count). The van der Waals surface area contributed by atoms with Gasteiger partial charge in [0.05, 0.1) is 6.10 Å². The minimum atomic E-state index is 0.521. The van der Waals surface area contributed by atoms with Crippen LogP contribution in [0.1, 0.15) is 65.7 Å². The smallest absolute Gasteiger partial charge is 0.0608 e. The molecule has 2 saturated carbocycles. The zero-order chi connectivity index (χ0) is 14.5. The van der Waals surface area contributed by atoms with Crippen molar-refractivity contribution in [2.45, 2.75) is 77.9 Å². The molecule has 2 aliphatic rings. The van der Waals surface area contributed by atoms with Crippen LogP contribution in [0.15, 0.2) is 0 Å². The summed E-state index contributed by atoms with van der Waals surface area (Å²) in [5.74, 6) is 3.25. The molecule has 20 heavy (non-hydrogen) atoms. The van der Waals surface area contributed by atoms with E-state index in [0.717, 1.165) is 36.3 Å². The Morgan fingerprint density at radius 1 is 1.15 bits per heavy atom. The molecular formula is C18H35NO. The molecule has 5 atom stereocenters. The first-order valence-electron chi connectivity index (χ1n) is 8.90. The highest BCUT2D eigenvalue weighted by Gasteiger charge is 2.32. The zero-order valence-electron chi connectivity index (χ0n) is 14.0. The summed E-state index contributed by atoms with van der Waals surface area (Å²) in [4.78, 5) is 0. The van der Waals surface area contributed by atoms with Crippen LogP contribution in [0.5, 0.6) is 0 Å². The molecule has 2 fully saturated rings. The molecular weight excluding hydrogens is 246 g/mol. The molecule has 0 bridgehead atoms. The lowest BCUT2D eigenvalue weighted by molar-refractivity contribution is -0.0427. The molecule has 2 aliphatic carbocycles. The van der Waals surface area contributed by atoms with Crippen molar-refractivity contribution in [2.24, 2.45) is 23.7 Å². The highest BCUT2D eigenvalue weighted by Crippen LogP contribution is 2.36. The summed E-state index contributed by atoms with van der Waals surface area (Å²) in [7, 11) is 2.11. The fourth-order valence-electron chi connectivity index (χ4n) is 4.44. The molecule has 0 aromatic carbocycles. The zero-order valence-corrected chi connectivity index (χ0v) is 14.0. The minimum absolute atomic E-state index is 0.521. The van der Waals surface area contributed by atoms with E-state index in [1.165, 1.54) is 44.9 Å². The van der Waals surface area contributed by atoms with E-state index in [4.69, 9.17) is 4.74 Å². The third kappa shape index (κ3) is 4.21. The van der Waals surface area contributed by atoms with Gasteiger partial charge in [-0.05, 0) is 62.8 Å². The lowest BCUT2D eigenvalue weighted by atomic mass is 9.75. The van der Waals surface area contributed by atoms with E-state index in [0.29, 0.717) is 6.10 Å². The molecule has 1 N–H and O–H groups in total. The average molecular weight is 281 g/mol. The summed E-state index contributed by atoms with van der Waals surface area (Å²) in [6.45, 7) is 8.10. The topological polar surface area (TPSA) is 21.3 Å². The highest BCUT2D eigenvalue weighted by molar-refractivity contribution is 4.83. The Bertz CT molecular complexity index is 279. The van der Waals surface area contributed by atoms with Crippen LogP contribution in [0.3, 0.4) is 0 Å². The van der Waals surface area contributed by atoms with Gasteiger partial charge in [-0.3, -0.25) is 0 Å². The van der Waals surface area contributed by atoms with E-state index in [1.807, 2.05) is 0 Å². The van der Waals surface area contributed by atoms with Gasteiger partial charge in [0.15, 0.2) is 0 Å². The van der Waals surface area contributed by atoms with E-state index in [9.17, 15) is 0 Å². The second kappa shape index (κ2) is 7.79. The van der Waals surface area contributed by atoms with Crippen molar-refractivity contribution < 1.29 is 4.74 Å². The Morgan fingerprint density at radius 3 is 2.65 bits per heavy atom. The van der Waals surface area contributed by atoms with Gasteiger partial charge in [-0.1, -0.05) is 33.6 Å². The van der Waals surface area contributed by atoms with Crippen molar-refractivity contribution in [1.82, 2.24) is 5.32 Å². The average Bonchev–Trinajstić information content (AvgIpc) is 2.86. The first-order valence-corrected chi connectivity index (χ1v) is 8.90. The molecule has 118 valence electrons. The number of ether oxygens (including phenoxy) is 1. The van der Waals surface area contributed by atoms with Crippen molar-refractivity contribution in [3.05, 3.63) is 0 Å². The molecule has 0 spiro atoms. The third-order valence-electron chi connectivity index (χ3n) is 5.81. The van der Waals surface area contributed by atoms with E-state index < -0.39 is 0 Å². The fourth-order valence-corrected chi connectivity index (χ4v) is 4.44. The predicted molar refractivity (Wildman–Crippen MR) is 85.9 cm³/mol. The van der Waals surface area contributed by atoms with Crippen LogP contribution in [0.4, 0.5) is 0 Å². The molecule has 0 aliphatic heterocycles. The number of nitrogens with one attached hydrogen (secondary N) is 1. The Balaban J connectivity index is 1.76. The molecule has 5 unspecified atom stereocenters. The number of hydrogen-bond donors (Lipinski definition) is 1. The molecule has 2 heteroatoms. The SMILES string of the molecule is CNC1CCCC1CCOC1CC(C)CCC1C(C)C. The molecule has 0 heterocycles. The maximum atomic E-state index is 6.35. The summed E-state index contributed by atoms with van der Waals surface area (Å²) in [6, 6.07) is 0.741. The summed E-state index contributed by atoms with van der Waals surface area (Å²) in [5, 5.41) is 3.48. The largest absolute Gasteiger partial charge is 0.378 e. The van der Waals surface area contributed by atoms with E-state index in [-0.39, 0.29) is 0 Å². The maximum absolute atomic E-state index is 6.35. The van der Waals surface area contributed by atoms with Crippen LogP contribution >= 0.6 is 0 Å². The quantitative estimate of drug-likeness (QED) is 0.786. The van der Waals surface area contributed by atoms with Gasteiger partial charge in [0.2, 0.25) is 0 Å². The van der Waals surface area contributed by atoms with Crippen molar-refractivity contribution >= 4 is 0 Å². The number of hydrogen-bond acceptors (Lipinski definition) is 2. The van der Waals surface area contributed by atoms with Crippen molar-refractivity contribution in [1.29, 1.82) is 0 Å². The summed E-state index contributed by atoms with van der Waals surface area (Å²) < 4.78 is 6.35. The van der Waals surface area contributed by atoms with Gasteiger partial charge >= 0.3 is 0 Å². The second-order valence-electron chi connectivity index (χ2n) is 7.61. The van der Waals surface area contributed by atoms with Gasteiger partial charge in [-0.15, -0.1) is 0 Å². The van der Waals surface area contributed by atoms with Crippen molar-refractivity contribution in [3.63, 3.8) is 0 Å². The molecule has 0 saturated heterocycles. The molecule has 0 radical (unpaired) electrons. The summed E-state index contributed by atoms with van der Waals surface area (Å²) in [5.41, 5.74) is 0.